The van der Waals surface area contributed by atoms with Gasteiger partial charge in [0.25, 0.3) is 0 Å². The van der Waals surface area contributed by atoms with E-state index in [0.717, 1.165) is 13.0 Å². The minimum Gasteiger partial charge on any atom is -0.469 e. The molecule has 0 saturated carbocycles. The molecule has 16 heavy (non-hydrogen) atoms. The standard InChI is InChI=1S/C11H17N3O2/c1-16-11(15)4-6-14-8-12-7-10(14)9-3-2-5-13-9/h7-9,13H,2-6H2,1H3. The second-order valence-corrected chi connectivity index (χ2v) is 3.99. The summed E-state index contributed by atoms with van der Waals surface area (Å²) in [6.07, 6.45) is 6.39. The molecule has 0 spiro atoms. The fourth-order valence-electron chi connectivity index (χ4n) is 2.06. The van der Waals surface area contributed by atoms with Gasteiger partial charge < -0.3 is 14.6 Å². The number of carbonyl (C=O) groups is 1. The molecule has 0 radical (unpaired) electrons. The van der Waals surface area contributed by atoms with E-state index in [-0.39, 0.29) is 5.97 Å². The zero-order valence-corrected chi connectivity index (χ0v) is 9.48. The van der Waals surface area contributed by atoms with Crippen LogP contribution in [0.4, 0.5) is 0 Å². The van der Waals surface area contributed by atoms with E-state index >= 15 is 0 Å². The van der Waals surface area contributed by atoms with Crippen molar-refractivity contribution in [2.24, 2.45) is 0 Å². The number of hydrogen-bond donors (Lipinski definition) is 1. The first kappa shape index (κ1) is 11.1. The van der Waals surface area contributed by atoms with Crippen LogP contribution in [0.2, 0.25) is 0 Å². The molecule has 0 aliphatic carbocycles. The number of aryl methyl sites for hydroxylation is 1. The second-order valence-electron chi connectivity index (χ2n) is 3.99. The van der Waals surface area contributed by atoms with Crippen molar-refractivity contribution in [3.05, 3.63) is 18.2 Å². The lowest BCUT2D eigenvalue weighted by Crippen LogP contribution is -2.17. The summed E-state index contributed by atoms with van der Waals surface area (Å²) in [4.78, 5) is 15.2. The molecule has 5 nitrogen and oxygen atoms in total. The van der Waals surface area contributed by atoms with Crippen LogP contribution in [0.25, 0.3) is 0 Å². The van der Waals surface area contributed by atoms with E-state index in [9.17, 15) is 4.79 Å². The van der Waals surface area contributed by atoms with Crippen molar-refractivity contribution in [3.63, 3.8) is 0 Å². The minimum atomic E-state index is -0.181. The largest absolute Gasteiger partial charge is 0.469 e. The molecule has 1 aromatic heterocycles. The average Bonchev–Trinajstić information content (AvgIpc) is 2.95. The van der Waals surface area contributed by atoms with Crippen LogP contribution >= 0.6 is 0 Å². The summed E-state index contributed by atoms with van der Waals surface area (Å²) in [6, 6.07) is 0.389. The molecule has 0 bridgehead atoms. The van der Waals surface area contributed by atoms with Crippen LogP contribution in [0.3, 0.4) is 0 Å². The molecular weight excluding hydrogens is 206 g/mol. The van der Waals surface area contributed by atoms with Crippen LogP contribution in [0, 0.1) is 0 Å². The maximum Gasteiger partial charge on any atom is 0.307 e. The third-order valence-electron chi connectivity index (χ3n) is 2.95. The van der Waals surface area contributed by atoms with Crippen molar-refractivity contribution in [3.8, 4) is 0 Å². The summed E-state index contributed by atoms with van der Waals surface area (Å²) in [5.41, 5.74) is 1.17. The van der Waals surface area contributed by atoms with Gasteiger partial charge in [0.05, 0.1) is 25.6 Å². The normalized spacial score (nSPS) is 19.9. The first-order valence-corrected chi connectivity index (χ1v) is 5.61. The van der Waals surface area contributed by atoms with E-state index in [1.54, 1.807) is 6.33 Å². The summed E-state index contributed by atoms with van der Waals surface area (Å²) >= 11 is 0. The van der Waals surface area contributed by atoms with Crippen LogP contribution in [-0.2, 0) is 16.1 Å². The topological polar surface area (TPSA) is 56.2 Å². The van der Waals surface area contributed by atoms with Crippen LogP contribution in [-0.4, -0.2) is 29.2 Å². The van der Waals surface area contributed by atoms with Crippen LogP contribution in [0.1, 0.15) is 31.0 Å². The van der Waals surface area contributed by atoms with Gasteiger partial charge in [0.15, 0.2) is 0 Å². The first-order valence-electron chi connectivity index (χ1n) is 5.61. The van der Waals surface area contributed by atoms with Gasteiger partial charge in [0.1, 0.15) is 0 Å². The number of ether oxygens (including phenoxy) is 1. The monoisotopic (exact) mass is 223 g/mol. The van der Waals surface area contributed by atoms with E-state index in [1.165, 1.54) is 19.2 Å². The Balaban J connectivity index is 1.98. The lowest BCUT2D eigenvalue weighted by Gasteiger charge is -2.13. The number of aromatic nitrogens is 2. The van der Waals surface area contributed by atoms with Crippen molar-refractivity contribution in [1.82, 2.24) is 14.9 Å². The number of nitrogens with zero attached hydrogens (tertiary/aromatic N) is 2. The molecule has 1 aliphatic heterocycles. The van der Waals surface area contributed by atoms with Crippen molar-refractivity contribution in [1.29, 1.82) is 0 Å². The smallest absolute Gasteiger partial charge is 0.307 e. The molecule has 1 aromatic rings. The van der Waals surface area contributed by atoms with E-state index < -0.39 is 0 Å². The van der Waals surface area contributed by atoms with E-state index in [2.05, 4.69) is 15.0 Å². The molecular formula is C11H17N3O2. The fraction of sp³-hybridized carbons (Fsp3) is 0.636. The molecule has 1 saturated heterocycles. The van der Waals surface area contributed by atoms with Gasteiger partial charge in [0, 0.05) is 18.8 Å². The molecule has 2 heterocycles. The highest BCUT2D eigenvalue weighted by molar-refractivity contribution is 5.68. The zero-order chi connectivity index (χ0) is 11.4. The predicted octanol–water partition coefficient (Wildman–Crippen LogP) is 0.871. The number of hydrogen-bond acceptors (Lipinski definition) is 4. The molecule has 1 atom stereocenters. The summed E-state index contributed by atoms with van der Waals surface area (Å²) in [5, 5.41) is 3.42. The Kier molecular flexibility index (Phi) is 3.56. The summed E-state index contributed by atoms with van der Waals surface area (Å²) in [5.74, 6) is -0.181. The lowest BCUT2D eigenvalue weighted by atomic mass is 10.2. The highest BCUT2D eigenvalue weighted by Gasteiger charge is 2.19. The number of nitrogens with one attached hydrogen (secondary N) is 1. The van der Waals surface area contributed by atoms with Gasteiger partial charge in [-0.05, 0) is 19.4 Å². The Hall–Kier alpha value is -1.36. The summed E-state index contributed by atoms with van der Waals surface area (Å²) < 4.78 is 6.65. The van der Waals surface area contributed by atoms with E-state index in [1.807, 2.05) is 10.8 Å². The maximum atomic E-state index is 11.1. The second kappa shape index (κ2) is 5.12. The predicted molar refractivity (Wildman–Crippen MR) is 58.8 cm³/mol. The molecule has 5 heteroatoms. The SMILES string of the molecule is COC(=O)CCn1cncc1C1CCCN1. The highest BCUT2D eigenvalue weighted by atomic mass is 16.5. The minimum absolute atomic E-state index is 0.181. The third kappa shape index (κ3) is 2.41. The van der Waals surface area contributed by atoms with Gasteiger partial charge in [-0.2, -0.15) is 0 Å². The Morgan fingerprint density at radius 2 is 2.62 bits per heavy atom. The van der Waals surface area contributed by atoms with Gasteiger partial charge in [-0.3, -0.25) is 4.79 Å². The maximum absolute atomic E-state index is 11.1. The quantitative estimate of drug-likeness (QED) is 0.769. The fourth-order valence-corrected chi connectivity index (χ4v) is 2.06. The van der Waals surface area contributed by atoms with Crippen LogP contribution in [0.15, 0.2) is 12.5 Å². The van der Waals surface area contributed by atoms with Crippen molar-refractivity contribution in [2.75, 3.05) is 13.7 Å². The molecule has 0 aromatic carbocycles. The Bertz CT molecular complexity index is 356. The number of carbonyl (C=O) groups excluding carboxylic acids is 1. The molecule has 1 unspecified atom stereocenters. The third-order valence-corrected chi connectivity index (χ3v) is 2.95. The number of imidazole rings is 1. The van der Waals surface area contributed by atoms with Crippen molar-refractivity contribution in [2.45, 2.75) is 31.8 Å². The first-order chi connectivity index (χ1) is 7.81. The van der Waals surface area contributed by atoms with E-state index in [4.69, 9.17) is 0 Å². The van der Waals surface area contributed by atoms with E-state index in [0.29, 0.717) is 19.0 Å². The van der Waals surface area contributed by atoms with Crippen molar-refractivity contribution < 1.29 is 9.53 Å². The summed E-state index contributed by atoms with van der Waals surface area (Å²) in [7, 11) is 1.41. The van der Waals surface area contributed by atoms with Crippen molar-refractivity contribution >= 4 is 5.97 Å². The molecule has 1 fully saturated rings. The summed E-state index contributed by atoms with van der Waals surface area (Å²) in [6.45, 7) is 1.70. The van der Waals surface area contributed by atoms with Gasteiger partial charge in [-0.15, -0.1) is 0 Å². The molecule has 0 amide bonds. The molecule has 88 valence electrons. The Morgan fingerprint density at radius 1 is 1.75 bits per heavy atom. The highest BCUT2D eigenvalue weighted by Crippen LogP contribution is 2.22. The molecule has 1 N–H and O–H groups in total. The Morgan fingerprint density at radius 3 is 3.31 bits per heavy atom. The van der Waals surface area contributed by atoms with Crippen LogP contribution < -0.4 is 5.32 Å². The average molecular weight is 223 g/mol. The number of methoxy groups -OCH3 is 1. The van der Waals surface area contributed by atoms with Gasteiger partial charge in [-0.1, -0.05) is 0 Å². The molecule has 1 aliphatic rings. The zero-order valence-electron chi connectivity index (χ0n) is 9.48. The van der Waals surface area contributed by atoms with Crippen LogP contribution in [0.5, 0.6) is 0 Å². The van der Waals surface area contributed by atoms with Gasteiger partial charge >= 0.3 is 5.97 Å². The molecule has 2 rings (SSSR count). The number of esters is 1. The number of rotatable bonds is 4. The van der Waals surface area contributed by atoms with Gasteiger partial charge in [-0.25, -0.2) is 4.98 Å². The Labute approximate surface area is 94.8 Å². The lowest BCUT2D eigenvalue weighted by molar-refractivity contribution is -0.140. The van der Waals surface area contributed by atoms with Gasteiger partial charge in [0.2, 0.25) is 0 Å².